The number of anilines is 1. The fraction of sp³-hybridized carbons (Fsp3) is 0.368. The molecule has 120 valence electrons. The van der Waals surface area contributed by atoms with Crippen LogP contribution in [-0.2, 0) is 6.42 Å². The molecule has 3 rings (SSSR count). The second-order valence-electron chi connectivity index (χ2n) is 6.37. The van der Waals surface area contributed by atoms with Gasteiger partial charge in [-0.1, -0.05) is 17.7 Å². The molecule has 0 fully saturated rings. The summed E-state index contributed by atoms with van der Waals surface area (Å²) in [5.74, 6) is -0.0622. The van der Waals surface area contributed by atoms with Crippen molar-refractivity contribution in [3.63, 3.8) is 0 Å². The topological polar surface area (TPSA) is 53.2 Å². The molecule has 0 unspecified atom stereocenters. The summed E-state index contributed by atoms with van der Waals surface area (Å²) in [4.78, 5) is 29.8. The molecule has 0 bridgehead atoms. The zero-order valence-electron chi connectivity index (χ0n) is 14.1. The Labute approximate surface area is 136 Å². The molecule has 1 aromatic heterocycles. The molecule has 1 amide bonds. The predicted molar refractivity (Wildman–Crippen MR) is 91.4 cm³/mol. The molecule has 23 heavy (non-hydrogen) atoms. The number of nitrogens with one attached hydrogen (secondary N) is 1. The molecular formula is C19H22N2O2. The molecule has 0 atom stereocenters. The van der Waals surface area contributed by atoms with E-state index >= 15 is 0 Å². The monoisotopic (exact) mass is 310 g/mol. The van der Waals surface area contributed by atoms with Gasteiger partial charge in [-0.2, -0.15) is 0 Å². The summed E-state index contributed by atoms with van der Waals surface area (Å²) in [5, 5.41) is 0. The standard InChI is InChI=1S/C19H22N2O2/c1-11-7-8-16-15(10-11)6-5-9-21(16)19(23)18-12(2)17(14(4)22)13(3)20-18/h7-8,10,20H,5-6,9H2,1-4H3. The van der Waals surface area contributed by atoms with Gasteiger partial charge < -0.3 is 9.88 Å². The van der Waals surface area contributed by atoms with Crippen LogP contribution in [0, 0.1) is 20.8 Å². The van der Waals surface area contributed by atoms with E-state index in [0.717, 1.165) is 29.8 Å². The Balaban J connectivity index is 2.03. The van der Waals surface area contributed by atoms with Crippen LogP contribution >= 0.6 is 0 Å². The van der Waals surface area contributed by atoms with E-state index in [2.05, 4.69) is 18.0 Å². The van der Waals surface area contributed by atoms with Gasteiger partial charge in [-0.3, -0.25) is 9.59 Å². The van der Waals surface area contributed by atoms with E-state index < -0.39 is 0 Å². The van der Waals surface area contributed by atoms with Gasteiger partial charge in [0, 0.05) is 23.5 Å². The summed E-state index contributed by atoms with van der Waals surface area (Å²) in [7, 11) is 0. The van der Waals surface area contributed by atoms with Crippen LogP contribution in [0.3, 0.4) is 0 Å². The Morgan fingerprint density at radius 3 is 2.57 bits per heavy atom. The Morgan fingerprint density at radius 1 is 1.17 bits per heavy atom. The quantitative estimate of drug-likeness (QED) is 0.859. The average molecular weight is 310 g/mol. The van der Waals surface area contributed by atoms with Crippen molar-refractivity contribution < 1.29 is 9.59 Å². The molecule has 2 heterocycles. The molecule has 0 radical (unpaired) electrons. The number of ketones is 1. The van der Waals surface area contributed by atoms with Crippen molar-refractivity contribution in [2.45, 2.75) is 40.5 Å². The third-order valence-corrected chi connectivity index (χ3v) is 4.60. The summed E-state index contributed by atoms with van der Waals surface area (Å²) in [6.07, 6.45) is 1.96. The number of aromatic amines is 1. The first kappa shape index (κ1) is 15.5. The van der Waals surface area contributed by atoms with Crippen LogP contribution in [0.1, 0.15) is 56.6 Å². The highest BCUT2D eigenvalue weighted by Crippen LogP contribution is 2.30. The molecule has 0 saturated carbocycles. The van der Waals surface area contributed by atoms with Crippen molar-refractivity contribution in [1.29, 1.82) is 0 Å². The third kappa shape index (κ3) is 2.58. The highest BCUT2D eigenvalue weighted by molar-refractivity contribution is 6.09. The van der Waals surface area contributed by atoms with Gasteiger partial charge in [-0.25, -0.2) is 0 Å². The average Bonchev–Trinajstić information content (AvgIpc) is 2.80. The van der Waals surface area contributed by atoms with Gasteiger partial charge in [0.1, 0.15) is 5.69 Å². The number of nitrogens with zero attached hydrogens (tertiary/aromatic N) is 1. The number of rotatable bonds is 2. The normalized spacial score (nSPS) is 13.8. The van der Waals surface area contributed by atoms with Crippen LogP contribution in [-0.4, -0.2) is 23.2 Å². The maximum atomic E-state index is 13.0. The minimum Gasteiger partial charge on any atom is -0.354 e. The van der Waals surface area contributed by atoms with Crippen LogP contribution in [0.25, 0.3) is 0 Å². The number of fused-ring (bicyclic) bond motifs is 1. The zero-order valence-corrected chi connectivity index (χ0v) is 14.1. The Bertz CT molecular complexity index is 802. The fourth-order valence-electron chi connectivity index (χ4n) is 3.56. The third-order valence-electron chi connectivity index (χ3n) is 4.60. The van der Waals surface area contributed by atoms with E-state index in [1.54, 1.807) is 0 Å². The van der Waals surface area contributed by atoms with Gasteiger partial charge in [-0.15, -0.1) is 0 Å². The largest absolute Gasteiger partial charge is 0.354 e. The number of aromatic nitrogens is 1. The van der Waals surface area contributed by atoms with Gasteiger partial charge in [-0.05, 0) is 57.7 Å². The first-order valence-electron chi connectivity index (χ1n) is 8.01. The maximum Gasteiger partial charge on any atom is 0.274 e. The Kier molecular flexibility index (Phi) is 3.84. The van der Waals surface area contributed by atoms with Crippen molar-refractivity contribution in [2.75, 3.05) is 11.4 Å². The van der Waals surface area contributed by atoms with Crippen molar-refractivity contribution >= 4 is 17.4 Å². The van der Waals surface area contributed by atoms with Crippen molar-refractivity contribution in [3.05, 3.63) is 51.8 Å². The minimum atomic E-state index is -0.0529. The van der Waals surface area contributed by atoms with Gasteiger partial charge in [0.2, 0.25) is 0 Å². The summed E-state index contributed by atoms with van der Waals surface area (Å²) >= 11 is 0. The summed E-state index contributed by atoms with van der Waals surface area (Å²) in [6.45, 7) is 8.00. The number of H-pyrrole nitrogens is 1. The van der Waals surface area contributed by atoms with Crippen molar-refractivity contribution in [1.82, 2.24) is 4.98 Å². The highest BCUT2D eigenvalue weighted by atomic mass is 16.2. The maximum absolute atomic E-state index is 13.0. The fourth-order valence-corrected chi connectivity index (χ4v) is 3.56. The van der Waals surface area contributed by atoms with Gasteiger partial charge in [0.25, 0.3) is 5.91 Å². The number of hydrogen-bond donors (Lipinski definition) is 1. The van der Waals surface area contributed by atoms with E-state index in [4.69, 9.17) is 0 Å². The van der Waals surface area contributed by atoms with Crippen LogP contribution in [0.5, 0.6) is 0 Å². The van der Waals surface area contributed by atoms with Gasteiger partial charge in [0.05, 0.1) is 0 Å². The molecule has 4 heteroatoms. The Hall–Kier alpha value is -2.36. The summed E-state index contributed by atoms with van der Waals surface area (Å²) < 4.78 is 0. The molecule has 2 aromatic rings. The van der Waals surface area contributed by atoms with Gasteiger partial charge >= 0.3 is 0 Å². The predicted octanol–water partition coefficient (Wildman–Crippen LogP) is 3.74. The molecule has 0 spiro atoms. The molecule has 1 aliphatic rings. The Morgan fingerprint density at radius 2 is 1.91 bits per heavy atom. The molecular weight excluding hydrogens is 288 g/mol. The van der Waals surface area contributed by atoms with Crippen molar-refractivity contribution in [2.24, 2.45) is 0 Å². The van der Waals surface area contributed by atoms with Crippen LogP contribution in [0.15, 0.2) is 18.2 Å². The lowest BCUT2D eigenvalue weighted by Crippen LogP contribution is -2.36. The van der Waals surface area contributed by atoms with E-state index in [1.165, 1.54) is 18.1 Å². The first-order chi connectivity index (χ1) is 10.9. The summed E-state index contributed by atoms with van der Waals surface area (Å²) in [5.41, 5.74) is 6.10. The lowest BCUT2D eigenvalue weighted by atomic mass is 9.99. The molecule has 1 aliphatic heterocycles. The smallest absolute Gasteiger partial charge is 0.274 e. The lowest BCUT2D eigenvalue weighted by Gasteiger charge is -2.29. The molecule has 1 aromatic carbocycles. The SMILES string of the molecule is CC(=O)c1c(C)[nH]c(C(=O)N2CCCc3cc(C)ccc32)c1C. The minimum absolute atomic E-state index is 0.00929. The second kappa shape index (κ2) is 5.69. The number of hydrogen-bond acceptors (Lipinski definition) is 2. The van der Waals surface area contributed by atoms with Crippen LogP contribution in [0.4, 0.5) is 5.69 Å². The molecule has 1 N–H and O–H groups in total. The lowest BCUT2D eigenvalue weighted by molar-refractivity contribution is 0.0979. The van der Waals surface area contributed by atoms with Crippen LogP contribution in [0.2, 0.25) is 0 Å². The molecule has 0 saturated heterocycles. The number of benzene rings is 1. The first-order valence-corrected chi connectivity index (χ1v) is 8.01. The number of aryl methyl sites for hydroxylation is 3. The second-order valence-corrected chi connectivity index (χ2v) is 6.37. The van der Waals surface area contributed by atoms with E-state index in [9.17, 15) is 9.59 Å². The number of carbonyl (C=O) groups is 2. The summed E-state index contributed by atoms with van der Waals surface area (Å²) in [6, 6.07) is 6.22. The number of Topliss-reactive ketones (excluding diaryl/α,β-unsaturated/α-hetero) is 1. The van der Waals surface area contributed by atoms with E-state index in [-0.39, 0.29) is 11.7 Å². The molecule has 0 aliphatic carbocycles. The zero-order chi connectivity index (χ0) is 16.7. The number of amides is 1. The van der Waals surface area contributed by atoms with Gasteiger partial charge in [0.15, 0.2) is 5.78 Å². The van der Waals surface area contributed by atoms with E-state index in [1.807, 2.05) is 30.9 Å². The molecule has 4 nitrogen and oxygen atoms in total. The van der Waals surface area contributed by atoms with E-state index in [0.29, 0.717) is 17.8 Å². The highest BCUT2D eigenvalue weighted by Gasteiger charge is 2.27. The van der Waals surface area contributed by atoms with Crippen molar-refractivity contribution in [3.8, 4) is 0 Å². The van der Waals surface area contributed by atoms with Crippen LogP contribution < -0.4 is 4.90 Å². The number of carbonyl (C=O) groups excluding carboxylic acids is 2.